The summed E-state index contributed by atoms with van der Waals surface area (Å²) in [4.78, 5) is 12.6. The number of amides is 1. The summed E-state index contributed by atoms with van der Waals surface area (Å²) in [7, 11) is 6.18. The summed E-state index contributed by atoms with van der Waals surface area (Å²) >= 11 is -1.34. The first kappa shape index (κ1) is 25.0. The highest BCUT2D eigenvalue weighted by Gasteiger charge is 2.15. The van der Waals surface area contributed by atoms with Crippen molar-refractivity contribution in [2.45, 2.75) is 5.75 Å². The SMILES string of the molecule is COc1cc(OC)c(C=C[S+]([O-])Cc2ccc(OC)c(NC(=O)c3ccccc3)c2)c(OC)c1. The molecule has 178 valence electrons. The number of nitrogens with one attached hydrogen (secondary N) is 1. The van der Waals surface area contributed by atoms with Gasteiger partial charge < -0.3 is 28.8 Å². The van der Waals surface area contributed by atoms with Crippen molar-refractivity contribution in [3.8, 4) is 23.0 Å². The van der Waals surface area contributed by atoms with Crippen molar-refractivity contribution in [2.24, 2.45) is 0 Å². The standard InChI is InChI=1S/C26H27NO6S/c1-30-20-15-24(32-3)21(25(16-20)33-4)12-13-34(29)17-18-10-11-23(31-2)22(14-18)27-26(28)19-8-6-5-7-9-19/h5-16H,17H2,1-4H3,(H,27,28). The number of methoxy groups -OCH3 is 4. The van der Waals surface area contributed by atoms with Crippen molar-refractivity contribution in [2.75, 3.05) is 33.8 Å². The molecular formula is C26H27NO6S. The minimum Gasteiger partial charge on any atom is -0.612 e. The maximum atomic E-state index is 12.8. The number of carbonyl (C=O) groups is 1. The fourth-order valence-electron chi connectivity index (χ4n) is 3.28. The number of hydrogen-bond acceptors (Lipinski definition) is 6. The number of hydrogen-bond donors (Lipinski definition) is 1. The Morgan fingerprint density at radius 1 is 0.882 bits per heavy atom. The van der Waals surface area contributed by atoms with Crippen LogP contribution in [0.4, 0.5) is 5.69 Å². The number of rotatable bonds is 10. The van der Waals surface area contributed by atoms with E-state index in [1.807, 2.05) is 12.1 Å². The van der Waals surface area contributed by atoms with Crippen molar-refractivity contribution >= 4 is 28.8 Å². The number of carbonyl (C=O) groups excluding carboxylic acids is 1. The van der Waals surface area contributed by atoms with Gasteiger partial charge in [-0.1, -0.05) is 24.3 Å². The van der Waals surface area contributed by atoms with Crippen LogP contribution >= 0.6 is 0 Å². The van der Waals surface area contributed by atoms with E-state index >= 15 is 0 Å². The van der Waals surface area contributed by atoms with E-state index in [0.29, 0.717) is 39.8 Å². The minimum absolute atomic E-state index is 0.246. The van der Waals surface area contributed by atoms with Crippen LogP contribution in [0.15, 0.2) is 66.1 Å². The van der Waals surface area contributed by atoms with E-state index in [0.717, 1.165) is 5.56 Å². The van der Waals surface area contributed by atoms with Gasteiger partial charge in [-0.15, -0.1) is 0 Å². The van der Waals surface area contributed by atoms with Crippen LogP contribution in [0.2, 0.25) is 0 Å². The predicted molar refractivity (Wildman–Crippen MR) is 134 cm³/mol. The number of benzene rings is 3. The summed E-state index contributed by atoms with van der Waals surface area (Å²) < 4.78 is 34.3. The molecule has 0 aliphatic rings. The van der Waals surface area contributed by atoms with Crippen LogP contribution < -0.4 is 24.3 Å². The van der Waals surface area contributed by atoms with Gasteiger partial charge in [-0.2, -0.15) is 0 Å². The molecule has 0 aromatic heterocycles. The molecule has 0 saturated carbocycles. The molecule has 7 nitrogen and oxygen atoms in total. The lowest BCUT2D eigenvalue weighted by molar-refractivity contribution is 0.102. The monoisotopic (exact) mass is 481 g/mol. The Balaban J connectivity index is 1.77. The molecule has 8 heteroatoms. The van der Waals surface area contributed by atoms with Gasteiger partial charge in [-0.3, -0.25) is 4.79 Å². The molecule has 0 aliphatic heterocycles. The Hall–Kier alpha value is -3.62. The van der Waals surface area contributed by atoms with Crippen LogP contribution in [0.25, 0.3) is 6.08 Å². The van der Waals surface area contributed by atoms with E-state index < -0.39 is 11.2 Å². The zero-order valence-electron chi connectivity index (χ0n) is 19.5. The Bertz CT molecular complexity index is 1120. The minimum atomic E-state index is -1.34. The molecule has 34 heavy (non-hydrogen) atoms. The van der Waals surface area contributed by atoms with Gasteiger partial charge in [-0.05, 0) is 35.4 Å². The molecule has 3 aromatic rings. The zero-order chi connectivity index (χ0) is 24.5. The van der Waals surface area contributed by atoms with Crippen molar-refractivity contribution < 1.29 is 28.3 Å². The smallest absolute Gasteiger partial charge is 0.255 e. The normalized spacial score (nSPS) is 11.7. The summed E-state index contributed by atoms with van der Waals surface area (Å²) in [5.74, 6) is 2.18. The second-order valence-corrected chi connectivity index (χ2v) is 8.45. The molecule has 1 amide bonds. The van der Waals surface area contributed by atoms with Crippen LogP contribution in [0.3, 0.4) is 0 Å². The highest BCUT2D eigenvalue weighted by Crippen LogP contribution is 2.35. The van der Waals surface area contributed by atoms with Crippen molar-refractivity contribution in [1.82, 2.24) is 0 Å². The Kier molecular flexibility index (Phi) is 8.84. The first-order valence-electron chi connectivity index (χ1n) is 10.4. The fraction of sp³-hybridized carbons (Fsp3) is 0.192. The summed E-state index contributed by atoms with van der Waals surface area (Å²) in [5, 5.41) is 4.45. The van der Waals surface area contributed by atoms with E-state index in [1.54, 1.807) is 81.3 Å². The fourth-order valence-corrected chi connectivity index (χ4v) is 4.17. The Morgan fingerprint density at radius 3 is 2.12 bits per heavy atom. The molecule has 0 saturated heterocycles. The van der Waals surface area contributed by atoms with Crippen LogP contribution in [-0.4, -0.2) is 38.9 Å². The van der Waals surface area contributed by atoms with Gasteiger partial charge in [0.1, 0.15) is 34.2 Å². The van der Waals surface area contributed by atoms with Gasteiger partial charge in [0, 0.05) is 29.3 Å². The number of anilines is 1. The lowest BCUT2D eigenvalue weighted by Gasteiger charge is -2.14. The Morgan fingerprint density at radius 2 is 1.53 bits per heavy atom. The van der Waals surface area contributed by atoms with E-state index in [2.05, 4.69) is 5.32 Å². The first-order chi connectivity index (χ1) is 16.5. The quantitative estimate of drug-likeness (QED) is 0.415. The molecule has 0 fully saturated rings. The van der Waals surface area contributed by atoms with E-state index in [9.17, 15) is 9.35 Å². The molecule has 1 unspecified atom stereocenters. The second-order valence-electron chi connectivity index (χ2n) is 7.13. The third-order valence-electron chi connectivity index (χ3n) is 5.00. The second kappa shape index (κ2) is 12.0. The lowest BCUT2D eigenvalue weighted by atomic mass is 10.1. The highest BCUT2D eigenvalue weighted by molar-refractivity contribution is 7.93. The van der Waals surface area contributed by atoms with Crippen LogP contribution in [0.1, 0.15) is 21.5 Å². The van der Waals surface area contributed by atoms with Gasteiger partial charge >= 0.3 is 0 Å². The van der Waals surface area contributed by atoms with Crippen molar-refractivity contribution in [3.05, 3.63) is 82.8 Å². The summed E-state index contributed by atoms with van der Waals surface area (Å²) in [6, 6.07) is 17.7. The van der Waals surface area contributed by atoms with Crippen molar-refractivity contribution in [1.29, 1.82) is 0 Å². The van der Waals surface area contributed by atoms with Crippen molar-refractivity contribution in [3.63, 3.8) is 0 Å². The highest BCUT2D eigenvalue weighted by atomic mass is 32.2. The van der Waals surface area contributed by atoms with Gasteiger partial charge in [0.25, 0.3) is 5.91 Å². The van der Waals surface area contributed by atoms with E-state index in [1.165, 1.54) is 7.11 Å². The van der Waals surface area contributed by atoms with Crippen LogP contribution in [0.5, 0.6) is 23.0 Å². The van der Waals surface area contributed by atoms with Gasteiger partial charge in [0.05, 0.1) is 39.7 Å². The van der Waals surface area contributed by atoms with Gasteiger partial charge in [0.15, 0.2) is 0 Å². The van der Waals surface area contributed by atoms with Crippen LogP contribution in [0, 0.1) is 0 Å². The summed E-state index contributed by atoms with van der Waals surface area (Å²) in [6.07, 6.45) is 1.70. The molecule has 0 heterocycles. The lowest BCUT2D eigenvalue weighted by Crippen LogP contribution is -2.13. The summed E-state index contributed by atoms with van der Waals surface area (Å²) in [6.45, 7) is 0. The average molecular weight is 482 g/mol. The average Bonchev–Trinajstić information content (AvgIpc) is 2.87. The van der Waals surface area contributed by atoms with Crippen LogP contribution in [-0.2, 0) is 16.9 Å². The predicted octanol–water partition coefficient (Wildman–Crippen LogP) is 4.89. The molecule has 0 radical (unpaired) electrons. The maximum Gasteiger partial charge on any atom is 0.255 e. The summed E-state index contributed by atoms with van der Waals surface area (Å²) in [5.41, 5.74) is 2.47. The van der Waals surface area contributed by atoms with E-state index in [-0.39, 0.29) is 11.7 Å². The molecule has 0 spiro atoms. The van der Waals surface area contributed by atoms with Gasteiger partial charge in [-0.25, -0.2) is 0 Å². The Labute approximate surface area is 202 Å². The largest absolute Gasteiger partial charge is 0.612 e. The maximum absolute atomic E-state index is 12.8. The topological polar surface area (TPSA) is 89.1 Å². The number of ether oxygens (including phenoxy) is 4. The van der Waals surface area contributed by atoms with Gasteiger partial charge in [0.2, 0.25) is 0 Å². The molecular weight excluding hydrogens is 454 g/mol. The van der Waals surface area contributed by atoms with E-state index in [4.69, 9.17) is 18.9 Å². The molecule has 1 atom stereocenters. The molecule has 3 aromatic carbocycles. The molecule has 0 bridgehead atoms. The molecule has 3 rings (SSSR count). The first-order valence-corrected chi connectivity index (χ1v) is 11.8. The molecule has 1 N–H and O–H groups in total. The molecule has 0 aliphatic carbocycles. The third-order valence-corrected chi connectivity index (χ3v) is 6.05. The zero-order valence-corrected chi connectivity index (χ0v) is 20.3. The third kappa shape index (κ3) is 6.24.